The summed E-state index contributed by atoms with van der Waals surface area (Å²) in [7, 11) is 0. The molecule has 164 valence electrons. The quantitative estimate of drug-likeness (QED) is 0.661. The van der Waals surface area contributed by atoms with Crippen LogP contribution in [0.3, 0.4) is 0 Å². The van der Waals surface area contributed by atoms with Crippen LogP contribution in [0.4, 0.5) is 4.79 Å². The topological polar surface area (TPSA) is 69.7 Å². The number of rotatable bonds is 5. The second kappa shape index (κ2) is 8.52. The van der Waals surface area contributed by atoms with Crippen LogP contribution < -0.4 is 5.32 Å². The van der Waals surface area contributed by atoms with Crippen LogP contribution in [0.5, 0.6) is 0 Å². The number of amides is 4. The molecule has 2 aromatic rings. The summed E-state index contributed by atoms with van der Waals surface area (Å²) in [5.41, 5.74) is -0.510. The Kier molecular flexibility index (Phi) is 6.35. The van der Waals surface area contributed by atoms with E-state index in [0.717, 1.165) is 10.5 Å². The first-order chi connectivity index (χ1) is 14.4. The number of hydrogen-bond donors (Lipinski definition) is 1. The van der Waals surface area contributed by atoms with Gasteiger partial charge < -0.3 is 10.2 Å². The predicted octanol–water partition coefficient (Wildman–Crippen LogP) is 4.59. The van der Waals surface area contributed by atoms with Gasteiger partial charge in [0.25, 0.3) is 5.91 Å². The average Bonchev–Trinajstić information content (AvgIpc) is 2.89. The van der Waals surface area contributed by atoms with Crippen molar-refractivity contribution < 1.29 is 14.4 Å². The molecule has 0 aromatic heterocycles. The molecule has 3 rings (SSSR count). The smallest absolute Gasteiger partial charge is 0.325 e. The van der Waals surface area contributed by atoms with Crippen LogP contribution in [0.2, 0.25) is 10.0 Å². The standard InChI is InChI=1S/C23H25Cl2N3O3/c1-22(2,3)28(13-15-8-6-5-7-9-15)19(29)14-27-20(30)23(4,26-21(27)31)17-11-10-16(24)12-18(17)25/h5-12H,13-14H2,1-4H3,(H,26,31). The molecule has 0 radical (unpaired) electrons. The van der Waals surface area contributed by atoms with Crippen LogP contribution in [0.25, 0.3) is 0 Å². The van der Waals surface area contributed by atoms with Crippen molar-refractivity contribution in [3.05, 3.63) is 69.7 Å². The number of benzene rings is 2. The molecule has 6 nitrogen and oxygen atoms in total. The summed E-state index contributed by atoms with van der Waals surface area (Å²) < 4.78 is 0. The molecule has 1 aliphatic rings. The monoisotopic (exact) mass is 461 g/mol. The summed E-state index contributed by atoms with van der Waals surface area (Å²) >= 11 is 12.2. The fourth-order valence-electron chi connectivity index (χ4n) is 3.60. The van der Waals surface area contributed by atoms with E-state index in [4.69, 9.17) is 23.2 Å². The summed E-state index contributed by atoms with van der Waals surface area (Å²) in [6.07, 6.45) is 0. The Morgan fingerprint density at radius 2 is 1.74 bits per heavy atom. The van der Waals surface area contributed by atoms with E-state index < -0.39 is 23.0 Å². The molecule has 1 aliphatic heterocycles. The van der Waals surface area contributed by atoms with Crippen LogP contribution in [0.1, 0.15) is 38.8 Å². The Bertz CT molecular complexity index is 1020. The molecule has 1 unspecified atom stereocenters. The number of imide groups is 1. The summed E-state index contributed by atoms with van der Waals surface area (Å²) in [4.78, 5) is 41.7. The third-order valence-electron chi connectivity index (χ3n) is 5.33. The van der Waals surface area contributed by atoms with E-state index in [1.807, 2.05) is 51.1 Å². The van der Waals surface area contributed by atoms with Gasteiger partial charge >= 0.3 is 6.03 Å². The molecule has 4 amide bonds. The molecule has 8 heteroatoms. The predicted molar refractivity (Wildman–Crippen MR) is 121 cm³/mol. The van der Waals surface area contributed by atoms with Crippen molar-refractivity contribution >= 4 is 41.0 Å². The first-order valence-corrected chi connectivity index (χ1v) is 10.6. The number of hydrogen-bond acceptors (Lipinski definition) is 3. The largest absolute Gasteiger partial charge is 0.332 e. The van der Waals surface area contributed by atoms with E-state index in [2.05, 4.69) is 5.32 Å². The maximum atomic E-state index is 13.2. The van der Waals surface area contributed by atoms with E-state index >= 15 is 0 Å². The van der Waals surface area contributed by atoms with Crippen LogP contribution in [0, 0.1) is 0 Å². The number of nitrogens with one attached hydrogen (secondary N) is 1. The van der Waals surface area contributed by atoms with Crippen LogP contribution in [0.15, 0.2) is 48.5 Å². The normalized spacial score (nSPS) is 18.8. The number of carbonyl (C=O) groups is 3. The van der Waals surface area contributed by atoms with E-state index in [9.17, 15) is 14.4 Å². The molecule has 2 aromatic carbocycles. The van der Waals surface area contributed by atoms with Gasteiger partial charge in [0.1, 0.15) is 12.1 Å². The molecular weight excluding hydrogens is 437 g/mol. The zero-order chi connectivity index (χ0) is 23.0. The molecule has 1 fully saturated rings. The molecule has 1 atom stereocenters. The fourth-order valence-corrected chi connectivity index (χ4v) is 4.20. The van der Waals surface area contributed by atoms with Crippen molar-refractivity contribution in [2.24, 2.45) is 0 Å². The number of urea groups is 1. The van der Waals surface area contributed by atoms with Gasteiger partial charge in [-0.3, -0.25) is 14.5 Å². The number of carbonyl (C=O) groups excluding carboxylic acids is 3. The van der Waals surface area contributed by atoms with Crippen molar-refractivity contribution in [2.75, 3.05) is 6.54 Å². The molecular formula is C23H25Cl2N3O3. The first kappa shape index (κ1) is 23.1. The van der Waals surface area contributed by atoms with Gasteiger partial charge in [0.05, 0.1) is 0 Å². The lowest BCUT2D eigenvalue weighted by molar-refractivity contribution is -0.142. The van der Waals surface area contributed by atoms with Gasteiger partial charge in [-0.05, 0) is 45.4 Å². The first-order valence-electron chi connectivity index (χ1n) is 9.87. The van der Waals surface area contributed by atoms with Crippen molar-refractivity contribution in [3.8, 4) is 0 Å². The molecule has 0 saturated carbocycles. The second-order valence-electron chi connectivity index (χ2n) is 8.71. The lowest BCUT2D eigenvalue weighted by Crippen LogP contribution is -2.50. The summed E-state index contributed by atoms with van der Waals surface area (Å²) in [6.45, 7) is 7.31. The van der Waals surface area contributed by atoms with E-state index in [-0.39, 0.29) is 17.5 Å². The van der Waals surface area contributed by atoms with Crippen molar-refractivity contribution in [1.82, 2.24) is 15.1 Å². The Morgan fingerprint density at radius 3 is 2.32 bits per heavy atom. The van der Waals surface area contributed by atoms with Gasteiger partial charge in [-0.2, -0.15) is 0 Å². The molecule has 31 heavy (non-hydrogen) atoms. The number of nitrogens with zero attached hydrogens (tertiary/aromatic N) is 2. The van der Waals surface area contributed by atoms with Crippen molar-refractivity contribution in [3.63, 3.8) is 0 Å². The molecule has 0 aliphatic carbocycles. The van der Waals surface area contributed by atoms with Crippen molar-refractivity contribution in [1.29, 1.82) is 0 Å². The van der Waals surface area contributed by atoms with Crippen LogP contribution in [-0.4, -0.2) is 39.7 Å². The Labute approximate surface area is 192 Å². The highest BCUT2D eigenvalue weighted by Gasteiger charge is 2.50. The van der Waals surface area contributed by atoms with Gasteiger partial charge in [-0.15, -0.1) is 0 Å². The SMILES string of the molecule is CC1(c2ccc(Cl)cc2Cl)NC(=O)N(CC(=O)N(Cc2ccccc2)C(C)(C)C)C1=O. The molecule has 0 bridgehead atoms. The third kappa shape index (κ3) is 4.70. The van der Waals surface area contributed by atoms with Gasteiger partial charge in [-0.25, -0.2) is 4.79 Å². The van der Waals surface area contributed by atoms with Crippen LogP contribution in [-0.2, 0) is 21.7 Å². The highest BCUT2D eigenvalue weighted by Crippen LogP contribution is 2.35. The summed E-state index contributed by atoms with van der Waals surface area (Å²) in [5, 5.41) is 3.36. The molecule has 1 N–H and O–H groups in total. The minimum absolute atomic E-state index is 0.261. The number of halogens is 2. The molecule has 1 heterocycles. The fraction of sp³-hybridized carbons (Fsp3) is 0.348. The lowest BCUT2D eigenvalue weighted by Gasteiger charge is -2.36. The third-order valence-corrected chi connectivity index (χ3v) is 5.88. The van der Waals surface area contributed by atoms with E-state index in [1.54, 1.807) is 24.0 Å². The minimum Gasteiger partial charge on any atom is -0.332 e. The van der Waals surface area contributed by atoms with Gasteiger partial charge in [0.15, 0.2) is 0 Å². The molecule has 0 spiro atoms. The van der Waals surface area contributed by atoms with Crippen LogP contribution >= 0.6 is 23.2 Å². The van der Waals surface area contributed by atoms with Gasteiger partial charge in [0.2, 0.25) is 5.91 Å². The Morgan fingerprint density at radius 1 is 1.10 bits per heavy atom. The summed E-state index contributed by atoms with van der Waals surface area (Å²) in [6, 6.07) is 13.6. The summed E-state index contributed by atoms with van der Waals surface area (Å²) in [5.74, 6) is -0.866. The van der Waals surface area contributed by atoms with Gasteiger partial charge in [-0.1, -0.05) is 59.6 Å². The Hall–Kier alpha value is -2.57. The maximum absolute atomic E-state index is 13.2. The lowest BCUT2D eigenvalue weighted by atomic mass is 9.92. The van der Waals surface area contributed by atoms with E-state index in [1.165, 1.54) is 6.07 Å². The average molecular weight is 462 g/mol. The van der Waals surface area contributed by atoms with Gasteiger partial charge in [0, 0.05) is 27.7 Å². The van der Waals surface area contributed by atoms with E-state index in [0.29, 0.717) is 17.1 Å². The molecule has 1 saturated heterocycles. The highest BCUT2D eigenvalue weighted by atomic mass is 35.5. The Balaban J connectivity index is 1.84. The second-order valence-corrected chi connectivity index (χ2v) is 9.55. The zero-order valence-electron chi connectivity index (χ0n) is 17.9. The van der Waals surface area contributed by atoms with Crippen molar-refractivity contribution in [2.45, 2.75) is 45.3 Å². The maximum Gasteiger partial charge on any atom is 0.325 e. The zero-order valence-corrected chi connectivity index (χ0v) is 19.4. The minimum atomic E-state index is -1.38. The highest BCUT2D eigenvalue weighted by molar-refractivity contribution is 6.35.